The van der Waals surface area contributed by atoms with Crippen LogP contribution >= 0.6 is 0 Å². The van der Waals surface area contributed by atoms with Crippen molar-refractivity contribution < 1.29 is 12.8 Å². The fraction of sp³-hybridized carbons (Fsp3) is 0.235. The van der Waals surface area contributed by atoms with Gasteiger partial charge in [-0.1, -0.05) is 6.07 Å². The molecule has 1 N–H and O–H groups in total. The average molecular weight is 358 g/mol. The van der Waals surface area contributed by atoms with Crippen LogP contribution in [0, 0.1) is 13.8 Å². The fourth-order valence-electron chi connectivity index (χ4n) is 2.22. The van der Waals surface area contributed by atoms with Gasteiger partial charge < -0.3 is 4.42 Å². The molecule has 0 aliphatic carbocycles. The van der Waals surface area contributed by atoms with Crippen LogP contribution in [0.3, 0.4) is 0 Å². The molecule has 0 radical (unpaired) electrons. The highest BCUT2D eigenvalue weighted by Crippen LogP contribution is 2.17. The Morgan fingerprint density at radius 3 is 2.52 bits per heavy atom. The minimum Gasteiger partial charge on any atom is -0.421 e. The smallest absolute Gasteiger partial charge is 0.247 e. The van der Waals surface area contributed by atoms with Crippen LogP contribution in [0.5, 0.6) is 0 Å². The molecule has 3 aromatic rings. The summed E-state index contributed by atoms with van der Waals surface area (Å²) in [6.45, 7) is 4.00. The first-order valence-corrected chi connectivity index (χ1v) is 9.24. The van der Waals surface area contributed by atoms with E-state index in [1.165, 1.54) is 0 Å². The number of nitrogens with one attached hydrogen (secondary N) is 1. The third-order valence-electron chi connectivity index (χ3n) is 3.81. The van der Waals surface area contributed by atoms with Crippen molar-refractivity contribution in [3.05, 3.63) is 59.7 Å². The normalized spacial score (nSPS) is 11.6. The van der Waals surface area contributed by atoms with Gasteiger partial charge in [-0.05, 0) is 49.2 Å². The van der Waals surface area contributed by atoms with Crippen molar-refractivity contribution in [1.29, 1.82) is 0 Å². The molecule has 1 aromatic carbocycles. The summed E-state index contributed by atoms with van der Waals surface area (Å²) in [7, 11) is -3.56. The van der Waals surface area contributed by atoms with Gasteiger partial charge in [-0.25, -0.2) is 13.1 Å². The molecule has 25 heavy (non-hydrogen) atoms. The minimum absolute atomic E-state index is 0.174. The second kappa shape index (κ2) is 7.12. The van der Waals surface area contributed by atoms with Crippen LogP contribution < -0.4 is 4.72 Å². The first kappa shape index (κ1) is 17.2. The Kier molecular flexibility index (Phi) is 4.91. The number of nitrogens with zero attached hydrogens (tertiary/aromatic N) is 3. The van der Waals surface area contributed by atoms with E-state index in [1.807, 2.05) is 13.8 Å². The maximum Gasteiger partial charge on any atom is 0.247 e. The summed E-state index contributed by atoms with van der Waals surface area (Å²) < 4.78 is 32.7. The van der Waals surface area contributed by atoms with Gasteiger partial charge in [0.25, 0.3) is 0 Å². The number of pyridine rings is 1. The van der Waals surface area contributed by atoms with Crippen LogP contribution in [-0.2, 0) is 16.4 Å². The van der Waals surface area contributed by atoms with E-state index in [4.69, 9.17) is 4.42 Å². The van der Waals surface area contributed by atoms with E-state index in [0.717, 1.165) is 16.7 Å². The second-order valence-corrected chi connectivity index (χ2v) is 7.40. The molecule has 0 amide bonds. The van der Waals surface area contributed by atoms with Crippen molar-refractivity contribution in [3.8, 4) is 11.5 Å². The SMILES string of the molecule is Cc1ccc(S(=O)(=O)NCCc2nnc(-c3ccncc3)o2)cc1C. The molecule has 0 atom stereocenters. The molecule has 130 valence electrons. The summed E-state index contributed by atoms with van der Waals surface area (Å²) in [6, 6.07) is 8.58. The molecule has 2 aromatic heterocycles. The van der Waals surface area contributed by atoms with Gasteiger partial charge in [0.05, 0.1) is 4.90 Å². The lowest BCUT2D eigenvalue weighted by molar-refractivity contribution is 0.502. The van der Waals surface area contributed by atoms with Crippen molar-refractivity contribution in [2.24, 2.45) is 0 Å². The summed E-state index contributed by atoms with van der Waals surface area (Å²) in [5, 5.41) is 7.90. The molecule has 0 aliphatic heterocycles. The van der Waals surface area contributed by atoms with Crippen LogP contribution in [0.1, 0.15) is 17.0 Å². The molecule has 0 saturated carbocycles. The summed E-state index contributed by atoms with van der Waals surface area (Å²) in [5.74, 6) is 0.754. The Labute approximate surface area is 146 Å². The van der Waals surface area contributed by atoms with Crippen molar-refractivity contribution in [2.75, 3.05) is 6.54 Å². The molecule has 8 heteroatoms. The zero-order valence-corrected chi connectivity index (χ0v) is 14.7. The Hall–Kier alpha value is -2.58. The summed E-state index contributed by atoms with van der Waals surface area (Å²) >= 11 is 0. The van der Waals surface area contributed by atoms with E-state index >= 15 is 0 Å². The molecule has 0 bridgehead atoms. The average Bonchev–Trinajstić information content (AvgIpc) is 3.07. The van der Waals surface area contributed by atoms with Gasteiger partial charge in [-0.3, -0.25) is 4.98 Å². The number of rotatable bonds is 6. The Balaban J connectivity index is 1.63. The minimum atomic E-state index is -3.56. The lowest BCUT2D eigenvalue weighted by atomic mass is 10.1. The third kappa shape index (κ3) is 4.09. The maximum absolute atomic E-state index is 12.3. The van der Waals surface area contributed by atoms with Crippen LogP contribution in [0.25, 0.3) is 11.5 Å². The lowest BCUT2D eigenvalue weighted by Gasteiger charge is -2.07. The van der Waals surface area contributed by atoms with E-state index in [2.05, 4.69) is 19.9 Å². The highest BCUT2D eigenvalue weighted by molar-refractivity contribution is 7.89. The van der Waals surface area contributed by atoms with Crippen molar-refractivity contribution in [1.82, 2.24) is 19.9 Å². The second-order valence-electron chi connectivity index (χ2n) is 5.63. The number of hydrogen-bond donors (Lipinski definition) is 1. The first-order chi connectivity index (χ1) is 12.0. The van der Waals surface area contributed by atoms with E-state index < -0.39 is 10.0 Å². The number of aryl methyl sites for hydroxylation is 2. The number of benzene rings is 1. The zero-order valence-electron chi connectivity index (χ0n) is 13.9. The third-order valence-corrected chi connectivity index (χ3v) is 5.27. The summed E-state index contributed by atoms with van der Waals surface area (Å²) in [6.07, 6.45) is 3.58. The van der Waals surface area contributed by atoms with Crippen molar-refractivity contribution in [2.45, 2.75) is 25.2 Å². The molecule has 3 rings (SSSR count). The highest BCUT2D eigenvalue weighted by atomic mass is 32.2. The Bertz CT molecular complexity index is 969. The predicted molar refractivity (Wildman–Crippen MR) is 92.3 cm³/mol. The first-order valence-electron chi connectivity index (χ1n) is 7.75. The van der Waals surface area contributed by atoms with Gasteiger partial charge in [-0.15, -0.1) is 10.2 Å². The molecule has 0 aliphatic rings. The van der Waals surface area contributed by atoms with Crippen LogP contribution in [0.2, 0.25) is 0 Å². The van der Waals surface area contributed by atoms with Gasteiger partial charge >= 0.3 is 0 Å². The number of aromatic nitrogens is 3. The fourth-order valence-corrected chi connectivity index (χ4v) is 3.34. The molecule has 7 nitrogen and oxygen atoms in total. The van der Waals surface area contributed by atoms with E-state index in [9.17, 15) is 8.42 Å². The molecular formula is C17H18N4O3S. The molecule has 0 spiro atoms. The van der Waals surface area contributed by atoms with Gasteiger partial charge in [0.2, 0.25) is 21.8 Å². The Morgan fingerprint density at radius 1 is 1.04 bits per heavy atom. The predicted octanol–water partition coefficient (Wildman–Crippen LogP) is 2.27. The molecule has 0 saturated heterocycles. The number of sulfonamides is 1. The van der Waals surface area contributed by atoms with Crippen molar-refractivity contribution >= 4 is 10.0 Å². The quantitative estimate of drug-likeness (QED) is 0.726. The van der Waals surface area contributed by atoms with Gasteiger partial charge in [0.15, 0.2) is 0 Å². The van der Waals surface area contributed by atoms with Crippen LogP contribution in [0.4, 0.5) is 0 Å². The van der Waals surface area contributed by atoms with E-state index in [0.29, 0.717) is 18.2 Å². The molecule has 2 heterocycles. The van der Waals surface area contributed by atoms with E-state index in [1.54, 1.807) is 42.7 Å². The molecular weight excluding hydrogens is 340 g/mol. The van der Waals surface area contributed by atoms with Gasteiger partial charge in [0, 0.05) is 30.9 Å². The topological polar surface area (TPSA) is 98.0 Å². The lowest BCUT2D eigenvalue weighted by Crippen LogP contribution is -2.26. The van der Waals surface area contributed by atoms with Crippen LogP contribution in [0.15, 0.2) is 52.0 Å². The standard InChI is InChI=1S/C17H18N4O3S/c1-12-3-4-15(11-13(12)2)25(22,23)19-10-7-16-20-21-17(24-16)14-5-8-18-9-6-14/h3-6,8-9,11,19H,7,10H2,1-2H3. The highest BCUT2D eigenvalue weighted by Gasteiger charge is 2.15. The largest absolute Gasteiger partial charge is 0.421 e. The van der Waals surface area contributed by atoms with Gasteiger partial charge in [0.1, 0.15) is 0 Å². The maximum atomic E-state index is 12.3. The van der Waals surface area contributed by atoms with Crippen molar-refractivity contribution in [3.63, 3.8) is 0 Å². The molecule has 0 fully saturated rings. The van der Waals surface area contributed by atoms with E-state index in [-0.39, 0.29) is 11.4 Å². The number of hydrogen-bond acceptors (Lipinski definition) is 6. The van der Waals surface area contributed by atoms with Gasteiger partial charge in [-0.2, -0.15) is 0 Å². The Morgan fingerprint density at radius 2 is 1.80 bits per heavy atom. The van der Waals surface area contributed by atoms with Crippen LogP contribution in [-0.4, -0.2) is 30.1 Å². The molecule has 0 unspecified atom stereocenters. The summed E-state index contributed by atoms with van der Waals surface area (Å²) in [5.41, 5.74) is 2.75. The summed E-state index contributed by atoms with van der Waals surface area (Å²) in [4.78, 5) is 4.18. The zero-order chi connectivity index (χ0) is 17.9. The monoisotopic (exact) mass is 358 g/mol.